The molecule has 8 heavy (non-hydrogen) atoms. The van der Waals surface area contributed by atoms with Crippen LogP contribution in [-0.2, 0) is 18.3 Å². The van der Waals surface area contributed by atoms with E-state index in [9.17, 15) is 4.57 Å². The normalized spacial score (nSPS) is 39.8. The second-order valence-corrected chi connectivity index (χ2v) is 2.63. The molecule has 2 aliphatic rings. The lowest BCUT2D eigenvalue weighted by Crippen LogP contribution is -2.14. The molecule has 1 atom stereocenters. The van der Waals surface area contributed by atoms with Gasteiger partial charge in [-0.05, 0) is 5.16 Å². The number of rotatable bonds is 0. The summed E-state index contributed by atoms with van der Waals surface area (Å²) in [5.41, 5.74) is 2.14. The summed E-state index contributed by atoms with van der Waals surface area (Å²) >= 11 is 0. The molecule has 0 radical (unpaired) electrons. The SMILES string of the molecule is O=P12ON=C(NO1)O2. The quantitative estimate of drug-likeness (QED) is 0.472. The maximum absolute atomic E-state index is 10.6. The minimum atomic E-state index is -3.29. The van der Waals surface area contributed by atoms with Gasteiger partial charge in [-0.3, -0.25) is 4.62 Å². The van der Waals surface area contributed by atoms with Gasteiger partial charge in [0, 0.05) is 0 Å². The Balaban J connectivity index is 2.46. The summed E-state index contributed by atoms with van der Waals surface area (Å²) in [6, 6.07) is 0.0216. The Morgan fingerprint density at radius 3 is 2.75 bits per heavy atom. The molecule has 0 spiro atoms. The highest BCUT2D eigenvalue weighted by Gasteiger charge is 2.46. The molecular weight excluding hydrogens is 135 g/mol. The average Bonchev–Trinajstić information content (AvgIpc) is 2.21. The molecule has 2 aliphatic heterocycles. The molecule has 0 aromatic heterocycles. The van der Waals surface area contributed by atoms with Crippen LogP contribution < -0.4 is 5.48 Å². The molecule has 7 heteroatoms. The summed E-state index contributed by atoms with van der Waals surface area (Å²) in [4.78, 5) is 0. The van der Waals surface area contributed by atoms with Crippen LogP contribution in [0.4, 0.5) is 0 Å². The van der Waals surface area contributed by atoms with E-state index in [1.54, 1.807) is 0 Å². The van der Waals surface area contributed by atoms with Crippen LogP contribution in [0.25, 0.3) is 0 Å². The van der Waals surface area contributed by atoms with Gasteiger partial charge in [-0.1, -0.05) is 0 Å². The van der Waals surface area contributed by atoms with Gasteiger partial charge in [0.15, 0.2) is 0 Å². The first-order valence-corrected chi connectivity index (χ1v) is 3.26. The lowest BCUT2D eigenvalue weighted by atomic mass is 11.2. The van der Waals surface area contributed by atoms with Crippen LogP contribution in [0.3, 0.4) is 0 Å². The number of oxime groups is 1. The Kier molecular flexibility index (Phi) is 0.513. The Morgan fingerprint density at radius 1 is 1.75 bits per heavy atom. The van der Waals surface area contributed by atoms with Gasteiger partial charge in [-0.25, -0.2) is 10.0 Å². The van der Waals surface area contributed by atoms with Gasteiger partial charge in [0.1, 0.15) is 0 Å². The topological polar surface area (TPSA) is 69.2 Å². The highest BCUT2D eigenvalue weighted by atomic mass is 31.2. The van der Waals surface area contributed by atoms with Crippen molar-refractivity contribution in [1.82, 2.24) is 5.48 Å². The Hall–Kier alpha value is -0.740. The van der Waals surface area contributed by atoms with Crippen LogP contribution >= 0.6 is 7.82 Å². The number of amidine groups is 1. The van der Waals surface area contributed by atoms with E-state index in [0.29, 0.717) is 0 Å². The average molecular weight is 136 g/mol. The van der Waals surface area contributed by atoms with Crippen molar-refractivity contribution >= 4 is 13.8 Å². The molecule has 2 bridgehead atoms. The van der Waals surface area contributed by atoms with Gasteiger partial charge < -0.3 is 4.52 Å². The van der Waals surface area contributed by atoms with Gasteiger partial charge in [0.05, 0.1) is 0 Å². The Bertz CT molecular complexity index is 198. The predicted molar refractivity (Wildman–Crippen MR) is 21.4 cm³/mol. The molecule has 1 unspecified atom stereocenters. The van der Waals surface area contributed by atoms with Gasteiger partial charge in [-0.15, -0.1) is 4.62 Å². The summed E-state index contributed by atoms with van der Waals surface area (Å²) in [6.45, 7) is 0. The highest BCUT2D eigenvalue weighted by Crippen LogP contribution is 2.55. The Labute approximate surface area is 44.0 Å². The smallest absolute Gasteiger partial charge is 0.354 e. The maximum Gasteiger partial charge on any atom is 0.633 e. The van der Waals surface area contributed by atoms with Crippen LogP contribution in [0.2, 0.25) is 0 Å². The highest BCUT2D eigenvalue weighted by molar-refractivity contribution is 7.49. The summed E-state index contributed by atoms with van der Waals surface area (Å²) in [5, 5.41) is 3.17. The van der Waals surface area contributed by atoms with Crippen molar-refractivity contribution in [3.8, 4) is 0 Å². The van der Waals surface area contributed by atoms with Crippen LogP contribution in [0.15, 0.2) is 5.16 Å². The zero-order valence-corrected chi connectivity index (χ0v) is 4.42. The number of fused-ring (bicyclic) bond motifs is 2. The number of hydroxylamine groups is 1. The van der Waals surface area contributed by atoms with Crippen LogP contribution in [0.5, 0.6) is 0 Å². The molecular formula is CHN2O4P. The first-order valence-electron chi connectivity index (χ1n) is 1.79. The van der Waals surface area contributed by atoms with Gasteiger partial charge in [-0.2, -0.15) is 0 Å². The first kappa shape index (κ1) is 4.17. The summed E-state index contributed by atoms with van der Waals surface area (Å²) in [5.74, 6) is 0. The Morgan fingerprint density at radius 2 is 2.62 bits per heavy atom. The molecule has 0 saturated carbocycles. The second kappa shape index (κ2) is 0.985. The van der Waals surface area contributed by atoms with Crippen molar-refractivity contribution in [3.05, 3.63) is 0 Å². The van der Waals surface area contributed by atoms with Crippen LogP contribution in [0.1, 0.15) is 0 Å². The zero-order valence-electron chi connectivity index (χ0n) is 3.53. The molecule has 0 aliphatic carbocycles. The summed E-state index contributed by atoms with van der Waals surface area (Å²) in [6.07, 6.45) is 0. The molecule has 2 rings (SSSR count). The fourth-order valence-corrected chi connectivity index (χ4v) is 1.14. The monoisotopic (exact) mass is 136 g/mol. The van der Waals surface area contributed by atoms with Crippen molar-refractivity contribution in [2.24, 2.45) is 5.16 Å². The number of hydrogen-bond acceptors (Lipinski definition) is 6. The van der Waals surface area contributed by atoms with Crippen molar-refractivity contribution in [2.75, 3.05) is 0 Å². The van der Waals surface area contributed by atoms with E-state index in [1.165, 1.54) is 0 Å². The van der Waals surface area contributed by atoms with Crippen molar-refractivity contribution in [2.45, 2.75) is 0 Å². The largest absolute Gasteiger partial charge is 0.633 e. The fraction of sp³-hybridized carbons (Fsp3) is 0. The first-order chi connectivity index (χ1) is 3.79. The number of hydrogen-bond donors (Lipinski definition) is 1. The van der Waals surface area contributed by atoms with E-state index < -0.39 is 7.82 Å². The van der Waals surface area contributed by atoms with E-state index in [-0.39, 0.29) is 6.02 Å². The zero-order chi connectivity index (χ0) is 5.61. The summed E-state index contributed by atoms with van der Waals surface area (Å²) in [7, 11) is -3.29. The lowest BCUT2D eigenvalue weighted by Gasteiger charge is -1.96. The van der Waals surface area contributed by atoms with E-state index in [0.717, 1.165) is 0 Å². The van der Waals surface area contributed by atoms with Crippen LogP contribution in [0, 0.1) is 0 Å². The fourth-order valence-electron chi connectivity index (χ4n) is 0.394. The molecule has 6 nitrogen and oxygen atoms in total. The molecule has 1 fully saturated rings. The minimum absolute atomic E-state index is 0.0216. The minimum Gasteiger partial charge on any atom is -0.354 e. The van der Waals surface area contributed by atoms with E-state index >= 15 is 0 Å². The maximum atomic E-state index is 10.6. The van der Waals surface area contributed by atoms with Crippen molar-refractivity contribution < 1.29 is 18.3 Å². The summed E-state index contributed by atoms with van der Waals surface area (Å²) < 4.78 is 23.4. The lowest BCUT2D eigenvalue weighted by molar-refractivity contribution is 0.166. The van der Waals surface area contributed by atoms with Crippen molar-refractivity contribution in [1.29, 1.82) is 0 Å². The van der Waals surface area contributed by atoms with Gasteiger partial charge >= 0.3 is 13.8 Å². The molecule has 1 N–H and O–H groups in total. The molecule has 0 aromatic rings. The van der Waals surface area contributed by atoms with Gasteiger partial charge in [0.2, 0.25) is 0 Å². The number of nitrogens with one attached hydrogen (secondary N) is 1. The molecule has 2 heterocycles. The van der Waals surface area contributed by atoms with Crippen molar-refractivity contribution in [3.63, 3.8) is 0 Å². The van der Waals surface area contributed by atoms with E-state index in [2.05, 4.69) is 24.4 Å². The molecule has 1 saturated heterocycles. The van der Waals surface area contributed by atoms with Gasteiger partial charge in [0.25, 0.3) is 0 Å². The second-order valence-electron chi connectivity index (χ2n) is 1.21. The molecule has 0 aromatic carbocycles. The number of phosphoric acid groups is 1. The molecule has 0 amide bonds. The molecule has 44 valence electrons. The van der Waals surface area contributed by atoms with E-state index in [4.69, 9.17) is 0 Å². The number of nitrogens with zero attached hydrogens (tertiary/aromatic N) is 1. The van der Waals surface area contributed by atoms with Crippen LogP contribution in [-0.4, -0.2) is 6.02 Å². The third-order valence-electron chi connectivity index (χ3n) is 0.667. The standard InChI is InChI=1S/CHN2O4P/c4-8-5-1(2-6-8)3-7-8/h(H,2,3). The van der Waals surface area contributed by atoms with E-state index in [1.807, 2.05) is 0 Å². The third-order valence-corrected chi connectivity index (χ3v) is 1.66. The third kappa shape index (κ3) is 0.361. The predicted octanol–water partition coefficient (Wildman–Crippen LogP) is -0.0529.